The number of hydrogen-bond donors (Lipinski definition) is 0. The SMILES string of the molecule is CCC(C)P(C)(C)(C)F.CCC(C)P(C)(C)(C)OB(OP(C)(C)(C)C(C)CC)OP(C)(C)(C)C(C)CC.CCC(C)P(C)(C)(C)OB(OP(C)(C)(C)C(C)CC)OP(C)(C)(C)C(C)CC.CCC(C)P(C)(C)(C)OB(OP(C)(C)(C)C(C)CC)OP(C)(C)(C)C(C)CC.CCC(C)P(C)(C)(C)OB(OP(C)(C)(C)C(C)CC)OP(C)(C)(C)C(C)CC. The Morgan fingerprint density at radius 3 is 0.231 bits per heavy atom. The molecule has 0 aromatic heterocycles. The van der Waals surface area contributed by atoms with Gasteiger partial charge in [-0.1, -0.05) is 0 Å². The van der Waals surface area contributed by atoms with Crippen molar-refractivity contribution in [3.8, 4) is 0 Å². The predicted molar refractivity (Wildman–Crippen MR) is 615 cm³/mol. The molecule has 0 saturated heterocycles. The molecular formula is C91H234B4FO12P13. The van der Waals surface area contributed by atoms with E-state index in [0.29, 0.717) is 67.9 Å². The third kappa shape index (κ3) is 44.3. The molecule has 0 saturated carbocycles. The molecule has 30 heteroatoms. The van der Waals surface area contributed by atoms with Crippen molar-refractivity contribution in [3.05, 3.63) is 0 Å². The molecule has 13 atom stereocenters. The van der Waals surface area contributed by atoms with E-state index in [-0.39, 0.29) is 5.66 Å². The standard InChI is InChI=1S/4C21H54BO3P3.C7H18FP/c4*1-16-19(4)26(7,8,9)23-22(24-27(10,11,12)20(5)17-2)25-28(13,14,15)21(6)18-3;1-6-7(2)9(3,4,5)8/h4*19-21H,16-18H2,1-15H3;7H,6H2,1-5H3. The van der Waals surface area contributed by atoms with Gasteiger partial charge in [0.1, 0.15) is 0 Å². The third-order valence-corrected chi connectivity index (χ3v) is 87.6. The van der Waals surface area contributed by atoms with Gasteiger partial charge in [0.2, 0.25) is 0 Å². The van der Waals surface area contributed by atoms with Crippen LogP contribution in [-0.2, 0) is 53.3 Å². The first-order chi connectivity index (χ1) is 51.9. The van der Waals surface area contributed by atoms with Gasteiger partial charge in [-0.3, -0.25) is 0 Å². The molecule has 0 N–H and O–H groups in total. The van der Waals surface area contributed by atoms with Gasteiger partial charge in [-0.2, -0.15) is 0 Å². The van der Waals surface area contributed by atoms with E-state index in [1.54, 1.807) is 20.0 Å². The zero-order valence-electron chi connectivity index (χ0n) is 95.1. The van der Waals surface area contributed by atoms with Crippen LogP contribution in [0.1, 0.15) is 263 Å². The van der Waals surface area contributed by atoms with Crippen LogP contribution in [0.15, 0.2) is 0 Å². The van der Waals surface area contributed by atoms with Crippen LogP contribution < -0.4 is 0 Å². The molecular weight excluding hydrogens is 1750 g/mol. The van der Waals surface area contributed by atoms with Crippen molar-refractivity contribution in [1.29, 1.82) is 0 Å². The van der Waals surface area contributed by atoms with Crippen LogP contribution in [0.25, 0.3) is 0 Å². The van der Waals surface area contributed by atoms with Gasteiger partial charge in [0.25, 0.3) is 0 Å². The molecule has 12 nitrogen and oxygen atoms in total. The molecule has 0 aromatic carbocycles. The van der Waals surface area contributed by atoms with E-state index >= 15 is 0 Å². The van der Waals surface area contributed by atoms with E-state index in [4.69, 9.17) is 53.3 Å². The Balaban J connectivity index is -0.000000477. The van der Waals surface area contributed by atoms with Crippen molar-refractivity contribution in [2.24, 2.45) is 0 Å². The van der Waals surface area contributed by atoms with Crippen molar-refractivity contribution < 1.29 is 57.5 Å². The van der Waals surface area contributed by atoms with Gasteiger partial charge in [-0.05, 0) is 0 Å². The molecule has 13 unspecified atom stereocenters. The minimum absolute atomic E-state index is 0.260. The van der Waals surface area contributed by atoms with Crippen molar-refractivity contribution in [2.45, 2.75) is 337 Å². The van der Waals surface area contributed by atoms with Crippen molar-refractivity contribution in [2.75, 3.05) is 260 Å². The summed E-state index contributed by atoms with van der Waals surface area (Å²) < 4.78 is 96.7. The molecule has 0 aliphatic heterocycles. The summed E-state index contributed by atoms with van der Waals surface area (Å²) in [6.45, 7) is 116. The van der Waals surface area contributed by atoms with Gasteiger partial charge in [0.05, 0.1) is 0 Å². The molecule has 0 spiro atoms. The van der Waals surface area contributed by atoms with Gasteiger partial charge in [-0.15, -0.1) is 0 Å². The Morgan fingerprint density at radius 1 is 0.140 bits per heavy atom. The summed E-state index contributed by atoms with van der Waals surface area (Å²) in [4.78, 5) is 0. The molecule has 0 fully saturated rings. The van der Waals surface area contributed by atoms with Crippen LogP contribution >= 0.6 is 88.9 Å². The molecule has 0 aromatic rings. The fourth-order valence-corrected chi connectivity index (χ4v) is 41.2. The molecule has 0 aliphatic carbocycles. The van der Waals surface area contributed by atoms with Gasteiger partial charge in [0.15, 0.2) is 0 Å². The van der Waals surface area contributed by atoms with Gasteiger partial charge in [-0.25, -0.2) is 0 Å². The van der Waals surface area contributed by atoms with Crippen LogP contribution in [0.2, 0.25) is 0 Å². The summed E-state index contributed by atoms with van der Waals surface area (Å²) >= 11 is 0. The molecule has 0 rings (SSSR count). The fraction of sp³-hybridized carbons (Fsp3) is 1.00. The average molecular weight is 1990 g/mol. The van der Waals surface area contributed by atoms with Crippen LogP contribution in [-0.4, -0.2) is 363 Å². The Hall–Kier alpha value is 5.30. The summed E-state index contributed by atoms with van der Waals surface area (Å²) in [5, 5.41) is 0. The van der Waals surface area contributed by atoms with Crippen LogP contribution in [0.4, 0.5) is 4.20 Å². The Bertz CT molecular complexity index is 2430. The molecule has 0 amide bonds. The molecule has 0 bridgehead atoms. The van der Waals surface area contributed by atoms with E-state index in [1.807, 2.05) is 13.8 Å². The van der Waals surface area contributed by atoms with Crippen molar-refractivity contribution in [3.63, 3.8) is 0 Å². The summed E-state index contributed by atoms with van der Waals surface area (Å²) in [5.74, 6) is 0. The quantitative estimate of drug-likeness (QED) is 0.0427. The monoisotopic (exact) mass is 1990 g/mol. The second-order valence-corrected chi connectivity index (χ2v) is 141. The normalized spacial score (nSPS) is 21.3. The topological polar surface area (TPSA) is 111 Å². The molecule has 0 aliphatic rings. The summed E-state index contributed by atoms with van der Waals surface area (Å²) in [5.41, 5.74) is 6.27. The average Bonchev–Trinajstić information content (AvgIpc) is 0.759. The van der Waals surface area contributed by atoms with E-state index < -0.39 is 118 Å². The molecule has 754 valence electrons. The minimum atomic E-state index is -2.71. The van der Waals surface area contributed by atoms with E-state index in [0.717, 1.165) is 83.5 Å². The Morgan fingerprint density at radius 2 is 0.198 bits per heavy atom. The van der Waals surface area contributed by atoms with E-state index in [2.05, 4.69) is 406 Å². The summed E-state index contributed by atoms with van der Waals surface area (Å²) in [7, 11) is -2.37. The first-order valence-electron chi connectivity index (χ1n) is 48.0. The van der Waals surface area contributed by atoms with Gasteiger partial charge in [0, 0.05) is 0 Å². The third-order valence-electron chi connectivity index (χ3n) is 32.8. The number of hydrogen-bond acceptors (Lipinski definition) is 12. The first kappa shape index (κ1) is 135. The molecule has 121 heavy (non-hydrogen) atoms. The van der Waals surface area contributed by atoms with Crippen molar-refractivity contribution in [1.82, 2.24) is 0 Å². The second-order valence-electron chi connectivity index (χ2n) is 54.7. The van der Waals surface area contributed by atoms with Crippen molar-refractivity contribution >= 4 is 118 Å². The Labute approximate surface area is 767 Å². The number of halogens is 1. The Kier molecular flexibility index (Phi) is 48.3. The van der Waals surface area contributed by atoms with Crippen LogP contribution in [0.3, 0.4) is 0 Å². The first-order valence-corrected chi connectivity index (χ1v) is 94.3. The zero-order valence-corrected chi connectivity index (χ0v) is 107. The van der Waals surface area contributed by atoms with E-state index in [1.165, 1.54) is 0 Å². The molecule has 0 heterocycles. The second kappa shape index (κ2) is 43.4. The zero-order chi connectivity index (χ0) is 99.3. The van der Waals surface area contributed by atoms with Crippen LogP contribution in [0, 0.1) is 0 Å². The van der Waals surface area contributed by atoms with Crippen LogP contribution in [0.5, 0.6) is 0 Å². The summed E-state index contributed by atoms with van der Waals surface area (Å²) in [6, 6.07) is 0. The molecule has 0 radical (unpaired) electrons. The van der Waals surface area contributed by atoms with E-state index in [9.17, 15) is 4.20 Å². The maximum atomic E-state index is 13.6. The van der Waals surface area contributed by atoms with Gasteiger partial charge < -0.3 is 0 Å². The predicted octanol–water partition coefficient (Wildman–Crippen LogP) is 33.1. The number of rotatable bonds is 50. The fourth-order valence-electron chi connectivity index (χ4n) is 13.3. The van der Waals surface area contributed by atoms with Gasteiger partial charge >= 0.3 is 773 Å². The maximum absolute atomic E-state index is 13.6. The summed E-state index contributed by atoms with van der Waals surface area (Å²) in [6.07, 6.45) is 14.2.